The molecule has 3 aromatic rings. The van der Waals surface area contributed by atoms with Crippen LogP contribution in [0, 0.1) is 0 Å². The number of nitrogens with one attached hydrogen (secondary N) is 1. The van der Waals surface area contributed by atoms with Gasteiger partial charge in [0, 0.05) is 18.4 Å². The molecule has 140 valence electrons. The summed E-state index contributed by atoms with van der Waals surface area (Å²) < 4.78 is 11.4. The number of aryl methyl sites for hydroxylation is 1. The van der Waals surface area contributed by atoms with Gasteiger partial charge in [-0.1, -0.05) is 49.4 Å². The van der Waals surface area contributed by atoms with Gasteiger partial charge in [0.25, 0.3) is 0 Å². The van der Waals surface area contributed by atoms with Crippen LogP contribution in [-0.4, -0.2) is 17.5 Å². The van der Waals surface area contributed by atoms with Gasteiger partial charge in [0.2, 0.25) is 5.91 Å². The normalized spacial score (nSPS) is 10.6. The minimum atomic E-state index is -0.0441. The molecule has 0 spiro atoms. The fourth-order valence-electron chi connectivity index (χ4n) is 2.68. The Balaban J connectivity index is 1.48. The average Bonchev–Trinajstić information content (AvgIpc) is 3.17. The Morgan fingerprint density at radius 1 is 1.11 bits per heavy atom. The van der Waals surface area contributed by atoms with Gasteiger partial charge in [0.1, 0.15) is 5.75 Å². The maximum atomic E-state index is 12.2. The van der Waals surface area contributed by atoms with Gasteiger partial charge >= 0.3 is 0 Å². The SMILES string of the molecule is CCCOc1ccccc1NC(=O)CCCc1ncc(-c2ccccc2)o1. The summed E-state index contributed by atoms with van der Waals surface area (Å²) in [7, 11) is 0. The molecule has 1 aromatic heterocycles. The van der Waals surface area contributed by atoms with Crippen molar-refractivity contribution < 1.29 is 13.9 Å². The molecular formula is C22H24N2O3. The molecule has 0 unspecified atom stereocenters. The Kier molecular flexibility index (Phi) is 6.63. The first-order valence-electron chi connectivity index (χ1n) is 9.28. The molecule has 5 heteroatoms. The van der Waals surface area contributed by atoms with E-state index in [9.17, 15) is 4.79 Å². The van der Waals surface area contributed by atoms with Crippen molar-refractivity contribution in [3.63, 3.8) is 0 Å². The topological polar surface area (TPSA) is 64.4 Å². The van der Waals surface area contributed by atoms with Gasteiger partial charge in [0.05, 0.1) is 18.5 Å². The van der Waals surface area contributed by atoms with E-state index in [1.165, 1.54) is 0 Å². The highest BCUT2D eigenvalue weighted by molar-refractivity contribution is 5.92. The zero-order chi connectivity index (χ0) is 18.9. The lowest BCUT2D eigenvalue weighted by atomic mass is 10.2. The summed E-state index contributed by atoms with van der Waals surface area (Å²) >= 11 is 0. The number of benzene rings is 2. The smallest absolute Gasteiger partial charge is 0.224 e. The van der Waals surface area contributed by atoms with Crippen molar-refractivity contribution in [2.75, 3.05) is 11.9 Å². The molecular weight excluding hydrogens is 340 g/mol. The van der Waals surface area contributed by atoms with E-state index >= 15 is 0 Å². The number of oxazole rings is 1. The molecule has 0 saturated heterocycles. The van der Waals surface area contributed by atoms with Gasteiger partial charge in [-0.2, -0.15) is 0 Å². The number of ether oxygens (including phenoxy) is 1. The van der Waals surface area contributed by atoms with E-state index in [2.05, 4.69) is 10.3 Å². The van der Waals surface area contributed by atoms with Crippen LogP contribution < -0.4 is 10.1 Å². The molecule has 1 amide bonds. The Hall–Kier alpha value is -3.08. The summed E-state index contributed by atoms with van der Waals surface area (Å²) in [5.74, 6) is 2.05. The molecule has 0 atom stereocenters. The molecule has 0 aliphatic heterocycles. The zero-order valence-electron chi connectivity index (χ0n) is 15.5. The van der Waals surface area contributed by atoms with Gasteiger partial charge in [-0.3, -0.25) is 4.79 Å². The number of rotatable bonds is 9. The van der Waals surface area contributed by atoms with E-state index in [4.69, 9.17) is 9.15 Å². The third-order valence-electron chi connectivity index (χ3n) is 4.03. The van der Waals surface area contributed by atoms with Crippen molar-refractivity contribution in [2.24, 2.45) is 0 Å². The van der Waals surface area contributed by atoms with E-state index in [1.807, 2.05) is 61.5 Å². The van der Waals surface area contributed by atoms with E-state index in [0.717, 1.165) is 17.7 Å². The van der Waals surface area contributed by atoms with Crippen molar-refractivity contribution in [1.29, 1.82) is 0 Å². The Labute approximate surface area is 159 Å². The van der Waals surface area contributed by atoms with Crippen LogP contribution in [0.1, 0.15) is 32.1 Å². The molecule has 5 nitrogen and oxygen atoms in total. The second-order valence-electron chi connectivity index (χ2n) is 6.23. The Morgan fingerprint density at radius 2 is 1.89 bits per heavy atom. The minimum Gasteiger partial charge on any atom is -0.491 e. The van der Waals surface area contributed by atoms with Crippen LogP contribution in [-0.2, 0) is 11.2 Å². The van der Waals surface area contributed by atoms with E-state index in [-0.39, 0.29) is 5.91 Å². The number of anilines is 1. The van der Waals surface area contributed by atoms with Crippen LogP contribution in [0.2, 0.25) is 0 Å². The molecule has 0 radical (unpaired) electrons. The van der Waals surface area contributed by atoms with Crippen LogP contribution in [0.25, 0.3) is 11.3 Å². The molecule has 1 heterocycles. The molecule has 2 aromatic carbocycles. The first-order valence-corrected chi connectivity index (χ1v) is 9.28. The van der Waals surface area contributed by atoms with Gasteiger partial charge < -0.3 is 14.5 Å². The van der Waals surface area contributed by atoms with E-state index in [1.54, 1.807) is 6.20 Å². The largest absolute Gasteiger partial charge is 0.491 e. The minimum absolute atomic E-state index is 0.0441. The molecule has 27 heavy (non-hydrogen) atoms. The molecule has 0 saturated carbocycles. The predicted octanol–water partition coefficient (Wildman–Crippen LogP) is 5.09. The van der Waals surface area contributed by atoms with Gasteiger partial charge in [-0.05, 0) is 25.0 Å². The maximum Gasteiger partial charge on any atom is 0.224 e. The molecule has 0 bridgehead atoms. The average molecular weight is 364 g/mol. The number of amides is 1. The number of hydrogen-bond acceptors (Lipinski definition) is 4. The molecule has 0 aliphatic rings. The van der Waals surface area contributed by atoms with Crippen LogP contribution in [0.4, 0.5) is 5.69 Å². The molecule has 1 N–H and O–H groups in total. The number of para-hydroxylation sites is 2. The number of carbonyl (C=O) groups is 1. The van der Waals surface area contributed by atoms with Crippen molar-refractivity contribution in [3.8, 4) is 17.1 Å². The monoisotopic (exact) mass is 364 g/mol. The van der Waals surface area contributed by atoms with Crippen LogP contribution in [0.5, 0.6) is 5.75 Å². The first-order chi connectivity index (χ1) is 13.3. The van der Waals surface area contributed by atoms with Crippen LogP contribution in [0.15, 0.2) is 65.2 Å². The van der Waals surface area contributed by atoms with Gasteiger partial charge in [0.15, 0.2) is 11.7 Å². The number of aromatic nitrogens is 1. The number of carbonyl (C=O) groups excluding carboxylic acids is 1. The standard InChI is InChI=1S/C22H24N2O3/c1-2-15-26-19-12-7-6-11-18(19)24-21(25)13-8-14-22-23-16-20(27-22)17-9-4-3-5-10-17/h3-7,9-12,16H,2,8,13-15H2,1H3,(H,24,25). The third kappa shape index (κ3) is 5.45. The highest BCUT2D eigenvalue weighted by Crippen LogP contribution is 2.24. The summed E-state index contributed by atoms with van der Waals surface area (Å²) in [6.07, 6.45) is 4.33. The third-order valence-corrected chi connectivity index (χ3v) is 4.03. The molecule has 0 fully saturated rings. The predicted molar refractivity (Wildman–Crippen MR) is 106 cm³/mol. The lowest BCUT2D eigenvalue weighted by molar-refractivity contribution is -0.116. The van der Waals surface area contributed by atoms with E-state index < -0.39 is 0 Å². The lowest BCUT2D eigenvalue weighted by Gasteiger charge is -2.11. The van der Waals surface area contributed by atoms with Crippen molar-refractivity contribution in [2.45, 2.75) is 32.6 Å². The number of nitrogens with zero attached hydrogens (tertiary/aromatic N) is 1. The summed E-state index contributed by atoms with van der Waals surface area (Å²) in [6, 6.07) is 17.3. The van der Waals surface area contributed by atoms with Crippen LogP contribution >= 0.6 is 0 Å². The lowest BCUT2D eigenvalue weighted by Crippen LogP contribution is -2.12. The highest BCUT2D eigenvalue weighted by Gasteiger charge is 2.10. The molecule has 3 rings (SSSR count). The summed E-state index contributed by atoms with van der Waals surface area (Å²) in [6.45, 7) is 2.67. The summed E-state index contributed by atoms with van der Waals surface area (Å²) in [5.41, 5.74) is 1.70. The first kappa shape index (κ1) is 18.7. The van der Waals surface area contributed by atoms with Gasteiger partial charge in [-0.25, -0.2) is 4.98 Å². The van der Waals surface area contributed by atoms with Gasteiger partial charge in [-0.15, -0.1) is 0 Å². The fraction of sp³-hybridized carbons (Fsp3) is 0.273. The van der Waals surface area contributed by atoms with E-state index in [0.29, 0.717) is 43.2 Å². The highest BCUT2D eigenvalue weighted by atomic mass is 16.5. The van der Waals surface area contributed by atoms with Crippen molar-refractivity contribution in [3.05, 3.63) is 66.7 Å². The summed E-state index contributed by atoms with van der Waals surface area (Å²) in [4.78, 5) is 16.5. The molecule has 0 aliphatic carbocycles. The van der Waals surface area contributed by atoms with Crippen LogP contribution in [0.3, 0.4) is 0 Å². The van der Waals surface area contributed by atoms with Crippen molar-refractivity contribution in [1.82, 2.24) is 4.98 Å². The maximum absolute atomic E-state index is 12.2. The summed E-state index contributed by atoms with van der Waals surface area (Å²) in [5, 5.41) is 2.92. The second-order valence-corrected chi connectivity index (χ2v) is 6.23. The fourth-order valence-corrected chi connectivity index (χ4v) is 2.68. The second kappa shape index (κ2) is 9.57. The number of hydrogen-bond donors (Lipinski definition) is 1. The quantitative estimate of drug-likeness (QED) is 0.574. The van der Waals surface area contributed by atoms with Crippen molar-refractivity contribution >= 4 is 11.6 Å². The Bertz CT molecular complexity index is 859. The zero-order valence-corrected chi connectivity index (χ0v) is 15.5. The Morgan fingerprint density at radius 3 is 2.70 bits per heavy atom.